The molecule has 7 rings (SSSR count). The van der Waals surface area contributed by atoms with Crippen molar-refractivity contribution in [2.75, 3.05) is 11.9 Å². The summed E-state index contributed by atoms with van der Waals surface area (Å²) in [6, 6.07) is 11.6. The van der Waals surface area contributed by atoms with Crippen molar-refractivity contribution >= 4 is 45.7 Å². The van der Waals surface area contributed by atoms with Crippen molar-refractivity contribution in [2.24, 2.45) is 0 Å². The minimum absolute atomic E-state index is 0.143. The molecule has 1 aliphatic heterocycles. The van der Waals surface area contributed by atoms with Gasteiger partial charge in [0.25, 0.3) is 5.56 Å². The number of anilines is 2. The molecule has 1 saturated carbocycles. The maximum atomic E-state index is 13.7. The van der Waals surface area contributed by atoms with Crippen molar-refractivity contribution in [3.63, 3.8) is 0 Å². The van der Waals surface area contributed by atoms with Crippen LogP contribution in [0.25, 0.3) is 27.8 Å². The van der Waals surface area contributed by atoms with Crippen LogP contribution in [-0.4, -0.2) is 36.1 Å². The fourth-order valence-electron chi connectivity index (χ4n) is 5.46. The van der Waals surface area contributed by atoms with Crippen LogP contribution in [0, 0.1) is 0 Å². The number of aromatic nitrogens is 6. The molecule has 1 aliphatic carbocycles. The average molecular weight is 573 g/mol. The van der Waals surface area contributed by atoms with Gasteiger partial charge in [0.2, 0.25) is 5.95 Å². The number of benzene rings is 2. The van der Waals surface area contributed by atoms with Crippen LogP contribution in [0.15, 0.2) is 59.8 Å². The van der Waals surface area contributed by atoms with E-state index >= 15 is 0 Å². The maximum Gasteiger partial charge on any atom is 0.282 e. The topological polar surface area (TPSA) is 103 Å². The van der Waals surface area contributed by atoms with Crippen LogP contribution in [-0.2, 0) is 12.0 Å². The molecule has 3 aromatic heterocycles. The predicted octanol–water partition coefficient (Wildman–Crippen LogP) is 5.81. The maximum absolute atomic E-state index is 13.7. The lowest BCUT2D eigenvalue weighted by molar-refractivity contribution is 0.531. The summed E-state index contributed by atoms with van der Waals surface area (Å²) in [5.41, 5.74) is 5.36. The smallest absolute Gasteiger partial charge is 0.282 e. The molecule has 2 aliphatic rings. The number of nitrogens with one attached hydrogen (secondary N) is 2. The van der Waals surface area contributed by atoms with Gasteiger partial charge in [0, 0.05) is 48.2 Å². The van der Waals surface area contributed by atoms with Gasteiger partial charge in [-0.1, -0.05) is 35.3 Å². The molecule has 1 fully saturated rings. The van der Waals surface area contributed by atoms with Gasteiger partial charge >= 0.3 is 0 Å². The van der Waals surface area contributed by atoms with Crippen LogP contribution < -0.4 is 16.2 Å². The highest BCUT2D eigenvalue weighted by molar-refractivity contribution is 6.37. The van der Waals surface area contributed by atoms with Crippen LogP contribution in [0.4, 0.5) is 11.6 Å². The van der Waals surface area contributed by atoms with E-state index in [0.29, 0.717) is 43.9 Å². The summed E-state index contributed by atoms with van der Waals surface area (Å²) < 4.78 is 3.05. The minimum Gasteiger partial charge on any atom is -0.324 e. The van der Waals surface area contributed by atoms with Gasteiger partial charge in [-0.05, 0) is 62.1 Å². The molecule has 0 radical (unpaired) electrons. The number of fused-ring (bicyclic) bond motifs is 3. The van der Waals surface area contributed by atoms with Gasteiger partial charge in [0.15, 0.2) is 0 Å². The Morgan fingerprint density at radius 3 is 2.62 bits per heavy atom. The molecule has 11 heteroatoms. The highest BCUT2D eigenvalue weighted by Crippen LogP contribution is 2.50. The molecule has 2 N–H and O–H groups in total. The van der Waals surface area contributed by atoms with E-state index in [0.717, 1.165) is 18.8 Å². The van der Waals surface area contributed by atoms with E-state index in [9.17, 15) is 4.79 Å². The fourth-order valence-corrected chi connectivity index (χ4v) is 6.02. The minimum atomic E-state index is -0.425. The van der Waals surface area contributed by atoms with Gasteiger partial charge in [-0.3, -0.25) is 9.48 Å². The summed E-state index contributed by atoms with van der Waals surface area (Å²) in [5, 5.41) is 17.0. The monoisotopic (exact) mass is 572 g/mol. The van der Waals surface area contributed by atoms with Crippen molar-refractivity contribution in [1.29, 1.82) is 0 Å². The molecular formula is C29H26Cl2N8O. The van der Waals surface area contributed by atoms with E-state index in [4.69, 9.17) is 33.3 Å². The molecule has 4 heterocycles. The van der Waals surface area contributed by atoms with Crippen LogP contribution >= 0.6 is 23.2 Å². The first-order chi connectivity index (χ1) is 19.3. The molecule has 0 saturated heterocycles. The highest BCUT2D eigenvalue weighted by Gasteiger charge is 2.46. The second kappa shape index (κ2) is 9.40. The lowest BCUT2D eigenvalue weighted by atomic mass is 9.88. The Balaban J connectivity index is 1.36. The third-order valence-corrected chi connectivity index (χ3v) is 8.36. The second-order valence-electron chi connectivity index (χ2n) is 10.8. The highest BCUT2D eigenvalue weighted by atomic mass is 35.5. The van der Waals surface area contributed by atoms with Crippen molar-refractivity contribution in [2.45, 2.75) is 44.7 Å². The molecule has 202 valence electrons. The van der Waals surface area contributed by atoms with Crippen molar-refractivity contribution in [1.82, 2.24) is 34.8 Å². The van der Waals surface area contributed by atoms with Gasteiger partial charge in [0.1, 0.15) is 16.9 Å². The Labute approximate surface area is 240 Å². The van der Waals surface area contributed by atoms with E-state index < -0.39 is 5.56 Å². The van der Waals surface area contributed by atoms with Gasteiger partial charge in [-0.15, -0.1) is 0 Å². The van der Waals surface area contributed by atoms with Crippen LogP contribution in [0.1, 0.15) is 43.9 Å². The quantitative estimate of drug-likeness (QED) is 0.274. The SMILES string of the molecule is CC(C)n1cc(-c2nn(-c3c(Cl)cccc3Cl)c(=O)c3cnc(Nc4ccc5c(c4)CNCC54CC4)nc23)cn1. The molecule has 2 aromatic carbocycles. The Kier molecular flexibility index (Phi) is 5.92. The number of para-hydroxylation sites is 1. The number of nitrogens with zero attached hydrogens (tertiary/aromatic N) is 6. The van der Waals surface area contributed by atoms with E-state index in [2.05, 4.69) is 38.9 Å². The molecule has 0 amide bonds. The summed E-state index contributed by atoms with van der Waals surface area (Å²) in [6.07, 6.45) is 7.58. The zero-order valence-corrected chi connectivity index (χ0v) is 23.5. The van der Waals surface area contributed by atoms with Crippen molar-refractivity contribution in [3.8, 4) is 16.9 Å². The average Bonchev–Trinajstić information content (AvgIpc) is 3.52. The zero-order chi connectivity index (χ0) is 27.6. The van der Waals surface area contributed by atoms with Gasteiger partial charge in [-0.25, -0.2) is 9.97 Å². The lowest BCUT2D eigenvalue weighted by Crippen LogP contribution is -2.33. The summed E-state index contributed by atoms with van der Waals surface area (Å²) in [6.45, 7) is 5.95. The summed E-state index contributed by atoms with van der Waals surface area (Å²) in [7, 11) is 0. The molecule has 40 heavy (non-hydrogen) atoms. The standard InChI is InChI=1S/C29H26Cl2N8O/c1-16(2)38-14-18(12-34-38)24-25-20(27(40)39(37-24)26-22(30)4-3-5-23(26)31)13-33-28(36-25)35-19-6-7-21-17(10-19)11-32-15-29(21)8-9-29/h3-7,10,12-14,16,32H,8-9,11,15H2,1-2H3,(H,33,35,36). The Hall–Kier alpha value is -3.79. The molecule has 0 unspecified atom stereocenters. The summed E-state index contributed by atoms with van der Waals surface area (Å²) in [4.78, 5) is 23.0. The van der Waals surface area contributed by atoms with Gasteiger partial charge < -0.3 is 10.6 Å². The number of rotatable bonds is 5. The first-order valence-electron chi connectivity index (χ1n) is 13.2. The number of hydrogen-bond acceptors (Lipinski definition) is 7. The molecule has 0 atom stereocenters. The van der Waals surface area contributed by atoms with E-state index in [1.165, 1.54) is 34.8 Å². The zero-order valence-electron chi connectivity index (χ0n) is 21.9. The largest absolute Gasteiger partial charge is 0.324 e. The third kappa shape index (κ3) is 4.16. The third-order valence-electron chi connectivity index (χ3n) is 7.75. The molecular weight excluding hydrogens is 547 g/mol. The molecule has 1 spiro atoms. The first-order valence-corrected chi connectivity index (χ1v) is 14.0. The molecule has 5 aromatic rings. The van der Waals surface area contributed by atoms with Crippen molar-refractivity contribution in [3.05, 3.63) is 86.5 Å². The second-order valence-corrected chi connectivity index (χ2v) is 11.6. The summed E-state index contributed by atoms with van der Waals surface area (Å²) >= 11 is 12.9. The van der Waals surface area contributed by atoms with Crippen LogP contribution in [0.5, 0.6) is 0 Å². The summed E-state index contributed by atoms with van der Waals surface area (Å²) in [5.74, 6) is 0.365. The fraction of sp³-hybridized carbons (Fsp3) is 0.276. The van der Waals surface area contributed by atoms with Gasteiger partial charge in [-0.2, -0.15) is 14.9 Å². The van der Waals surface area contributed by atoms with Crippen LogP contribution in [0.2, 0.25) is 10.0 Å². The Morgan fingerprint density at radius 2 is 1.90 bits per heavy atom. The van der Waals surface area contributed by atoms with E-state index in [1.54, 1.807) is 24.4 Å². The lowest BCUT2D eigenvalue weighted by Gasteiger charge is -2.26. The first kappa shape index (κ1) is 25.2. The number of halogens is 2. The van der Waals surface area contributed by atoms with E-state index in [1.807, 2.05) is 24.7 Å². The normalized spacial score (nSPS) is 15.5. The van der Waals surface area contributed by atoms with Gasteiger partial charge in [0.05, 0.1) is 21.6 Å². The predicted molar refractivity (Wildman–Crippen MR) is 157 cm³/mol. The van der Waals surface area contributed by atoms with E-state index in [-0.39, 0.29) is 11.4 Å². The number of hydrogen-bond donors (Lipinski definition) is 2. The van der Waals surface area contributed by atoms with Crippen molar-refractivity contribution < 1.29 is 0 Å². The molecule has 0 bridgehead atoms. The Bertz CT molecular complexity index is 1840. The Morgan fingerprint density at radius 1 is 1.10 bits per heavy atom. The van der Waals surface area contributed by atoms with Crippen LogP contribution in [0.3, 0.4) is 0 Å². The molecule has 9 nitrogen and oxygen atoms in total.